The van der Waals surface area contributed by atoms with Crippen LogP contribution < -0.4 is 10.1 Å². The Labute approximate surface area is 338 Å². The number of nitrogens with zero attached hydrogens (tertiary/aromatic N) is 3. The molecular weight excluding hydrogens is 716 g/mol. The molecule has 4 aromatic rings. The van der Waals surface area contributed by atoms with Crippen LogP contribution in [0.5, 0.6) is 5.75 Å². The molecule has 0 bridgehead atoms. The van der Waals surface area contributed by atoms with Crippen molar-refractivity contribution in [1.82, 2.24) is 14.8 Å². The molecule has 7 nitrogen and oxygen atoms in total. The van der Waals surface area contributed by atoms with Crippen molar-refractivity contribution in [2.24, 2.45) is 11.8 Å². The average Bonchev–Trinajstić information content (AvgIpc) is 3.49. The van der Waals surface area contributed by atoms with Gasteiger partial charge in [-0.25, -0.2) is 4.79 Å². The first-order valence-corrected chi connectivity index (χ1v) is 21.6. The zero-order valence-electron chi connectivity index (χ0n) is 33.3. The molecule has 1 aromatic heterocycles. The van der Waals surface area contributed by atoms with Crippen molar-refractivity contribution in [3.63, 3.8) is 0 Å². The highest BCUT2D eigenvalue weighted by molar-refractivity contribution is 6.30. The fourth-order valence-electron chi connectivity index (χ4n) is 10.6. The molecule has 0 amide bonds. The van der Waals surface area contributed by atoms with Crippen LogP contribution in [0.3, 0.4) is 0 Å². The molecule has 3 atom stereocenters. The van der Waals surface area contributed by atoms with Gasteiger partial charge in [0.15, 0.2) is 0 Å². The second-order valence-corrected chi connectivity index (χ2v) is 18.0. The van der Waals surface area contributed by atoms with Gasteiger partial charge in [0.25, 0.3) is 0 Å². The predicted octanol–water partition coefficient (Wildman–Crippen LogP) is 9.56. The van der Waals surface area contributed by atoms with Gasteiger partial charge in [0.05, 0.1) is 6.61 Å². The molecule has 8 rings (SSSR count). The van der Waals surface area contributed by atoms with E-state index >= 15 is 0 Å². The number of carbonyl (C=O) groups is 1. The first-order valence-electron chi connectivity index (χ1n) is 21.2. The van der Waals surface area contributed by atoms with Crippen molar-refractivity contribution >= 4 is 23.3 Å². The van der Waals surface area contributed by atoms with Gasteiger partial charge in [0.2, 0.25) is 0 Å². The molecule has 56 heavy (non-hydrogen) atoms. The van der Waals surface area contributed by atoms with Gasteiger partial charge in [-0.15, -0.1) is 0 Å². The van der Waals surface area contributed by atoms with Crippen LogP contribution in [0.15, 0.2) is 85.1 Å². The maximum absolute atomic E-state index is 13.1. The van der Waals surface area contributed by atoms with E-state index in [1.807, 2.05) is 30.5 Å². The molecule has 296 valence electrons. The topological polar surface area (TPSA) is 77.9 Å². The summed E-state index contributed by atoms with van der Waals surface area (Å²) in [5.41, 5.74) is 7.86. The Bertz CT molecular complexity index is 1970. The second kappa shape index (κ2) is 16.9. The van der Waals surface area contributed by atoms with E-state index in [4.69, 9.17) is 21.3 Å². The Balaban J connectivity index is 0.985. The van der Waals surface area contributed by atoms with E-state index in [-0.39, 0.29) is 5.41 Å². The van der Waals surface area contributed by atoms with Gasteiger partial charge in [0.1, 0.15) is 11.3 Å². The Morgan fingerprint density at radius 2 is 1.75 bits per heavy atom. The summed E-state index contributed by atoms with van der Waals surface area (Å²) in [6.45, 7) is 11.7. The third-order valence-electron chi connectivity index (χ3n) is 13.8. The maximum Gasteiger partial charge on any atom is 0.329 e. The molecule has 2 N–H and O–H groups in total. The van der Waals surface area contributed by atoms with E-state index in [2.05, 4.69) is 83.6 Å². The third kappa shape index (κ3) is 8.37. The molecule has 1 saturated carbocycles. The highest BCUT2D eigenvalue weighted by Crippen LogP contribution is 2.56. The standard InChI is InChI=1S/C48H59ClN4O3/c1-34(33-56-44-16-22-50-43-13-6-8-35(2)45(43)44)28-39-30-38-15-14-37(32-53-26-24-52(25-27-53)23-17-36-9-4-3-5-10-36)29-42(38)47(39)18-20-48(21-19-47,46(54)55)51-41-12-7-11-40(49)31-41/h3-5,7,9-12,14-16,22,29,31,34-35,39,51H,6,8,13,17-21,23-28,30,32-33H2,1-2H3,(H,54,55)/t34-,35-,39+,47?,48?/m1/s1. The van der Waals surface area contributed by atoms with Crippen LogP contribution in [0.2, 0.25) is 5.02 Å². The average molecular weight is 775 g/mol. The zero-order valence-corrected chi connectivity index (χ0v) is 34.1. The lowest BCUT2D eigenvalue weighted by atomic mass is 9.59. The van der Waals surface area contributed by atoms with Gasteiger partial charge in [0, 0.05) is 67.4 Å². The highest BCUT2D eigenvalue weighted by Gasteiger charge is 2.54. The van der Waals surface area contributed by atoms with Crippen LogP contribution in [0, 0.1) is 11.8 Å². The number of aromatic nitrogens is 1. The quantitative estimate of drug-likeness (QED) is 0.140. The normalized spacial score (nSPS) is 25.7. The van der Waals surface area contributed by atoms with Crippen molar-refractivity contribution < 1.29 is 14.6 Å². The monoisotopic (exact) mass is 774 g/mol. The summed E-state index contributed by atoms with van der Waals surface area (Å²) in [6.07, 6.45) is 11.3. The summed E-state index contributed by atoms with van der Waals surface area (Å²) >= 11 is 6.34. The van der Waals surface area contributed by atoms with E-state index in [0.29, 0.717) is 42.2 Å². The SMILES string of the molecule is C[C@@H](COc1ccnc2c1[C@H](C)CCC2)C[C@H]1Cc2ccc(CN3CCN(CCc4ccccc4)CC3)cc2C12CCC(Nc1cccc(Cl)c1)(C(=O)O)CC2. The number of piperazine rings is 1. The number of benzene rings is 3. The van der Waals surface area contributed by atoms with Gasteiger partial charge < -0.3 is 20.1 Å². The number of nitrogens with one attached hydrogen (secondary N) is 1. The first-order chi connectivity index (χ1) is 27.2. The number of hydrogen-bond donors (Lipinski definition) is 2. The predicted molar refractivity (Wildman–Crippen MR) is 226 cm³/mol. The summed E-state index contributed by atoms with van der Waals surface area (Å²) in [7, 11) is 0. The number of carboxylic acid groups (broad SMARTS) is 1. The number of anilines is 1. The van der Waals surface area contributed by atoms with E-state index in [0.717, 1.165) is 89.2 Å². The molecule has 1 spiro atoms. The van der Waals surface area contributed by atoms with Gasteiger partial charge in [-0.3, -0.25) is 9.88 Å². The fourth-order valence-corrected chi connectivity index (χ4v) is 10.8. The van der Waals surface area contributed by atoms with Crippen LogP contribution in [0.25, 0.3) is 0 Å². The molecule has 2 heterocycles. The molecule has 4 aliphatic rings. The lowest BCUT2D eigenvalue weighted by Gasteiger charge is -2.47. The minimum Gasteiger partial charge on any atom is -0.493 e. The Morgan fingerprint density at radius 3 is 2.52 bits per heavy atom. The Hall–Kier alpha value is -3.91. The lowest BCUT2D eigenvalue weighted by Crippen LogP contribution is -2.53. The number of halogens is 1. The lowest BCUT2D eigenvalue weighted by molar-refractivity contribution is -0.144. The molecule has 1 saturated heterocycles. The number of rotatable bonds is 13. The van der Waals surface area contributed by atoms with E-state index in [1.54, 1.807) is 0 Å². The summed E-state index contributed by atoms with van der Waals surface area (Å²) < 4.78 is 6.64. The van der Waals surface area contributed by atoms with Crippen LogP contribution in [-0.4, -0.2) is 70.7 Å². The summed E-state index contributed by atoms with van der Waals surface area (Å²) in [5.74, 6) is 1.47. The van der Waals surface area contributed by atoms with E-state index < -0.39 is 11.5 Å². The molecule has 8 heteroatoms. The molecule has 3 aliphatic carbocycles. The van der Waals surface area contributed by atoms with Crippen molar-refractivity contribution in [2.45, 2.75) is 101 Å². The van der Waals surface area contributed by atoms with Gasteiger partial charge in [-0.2, -0.15) is 0 Å². The zero-order chi connectivity index (χ0) is 38.7. The maximum atomic E-state index is 13.1. The van der Waals surface area contributed by atoms with Gasteiger partial charge in [-0.1, -0.05) is 80.0 Å². The van der Waals surface area contributed by atoms with Gasteiger partial charge >= 0.3 is 5.97 Å². The molecule has 2 fully saturated rings. The summed E-state index contributed by atoms with van der Waals surface area (Å²) in [4.78, 5) is 23.0. The van der Waals surface area contributed by atoms with Crippen molar-refractivity contribution in [2.75, 3.05) is 44.6 Å². The number of hydrogen-bond acceptors (Lipinski definition) is 6. The van der Waals surface area contributed by atoms with Crippen molar-refractivity contribution in [3.8, 4) is 5.75 Å². The van der Waals surface area contributed by atoms with Gasteiger partial charge in [-0.05, 0) is 134 Å². The van der Waals surface area contributed by atoms with Crippen LogP contribution >= 0.6 is 11.6 Å². The summed E-state index contributed by atoms with van der Waals surface area (Å²) in [5, 5.41) is 14.8. The van der Waals surface area contributed by atoms with Crippen LogP contribution in [-0.2, 0) is 36.0 Å². The molecule has 1 aliphatic heterocycles. The number of aryl methyl sites for hydroxylation is 1. The van der Waals surface area contributed by atoms with Crippen molar-refractivity contribution in [1.29, 1.82) is 0 Å². The molecule has 0 radical (unpaired) electrons. The Morgan fingerprint density at radius 1 is 0.964 bits per heavy atom. The highest BCUT2D eigenvalue weighted by atomic mass is 35.5. The minimum absolute atomic E-state index is 0.0744. The Kier molecular flexibility index (Phi) is 11.8. The number of fused-ring (bicyclic) bond motifs is 3. The second-order valence-electron chi connectivity index (χ2n) is 17.5. The number of aliphatic carboxylic acids is 1. The smallest absolute Gasteiger partial charge is 0.329 e. The first kappa shape index (κ1) is 38.9. The number of ether oxygens (including phenoxy) is 1. The molecular formula is C48H59ClN4O3. The molecule has 3 aromatic carbocycles. The van der Waals surface area contributed by atoms with Crippen LogP contribution in [0.4, 0.5) is 5.69 Å². The van der Waals surface area contributed by atoms with Crippen molar-refractivity contribution in [3.05, 3.63) is 124 Å². The summed E-state index contributed by atoms with van der Waals surface area (Å²) in [6, 6.07) is 27.6. The number of pyridine rings is 1. The van der Waals surface area contributed by atoms with Crippen LogP contribution in [0.1, 0.15) is 98.2 Å². The molecule has 0 unspecified atom stereocenters. The van der Waals surface area contributed by atoms with E-state index in [1.165, 1.54) is 46.4 Å². The fraction of sp³-hybridized carbons (Fsp3) is 0.500. The van der Waals surface area contributed by atoms with E-state index in [9.17, 15) is 9.90 Å². The minimum atomic E-state index is -1.03. The number of carboxylic acids is 1. The third-order valence-corrected chi connectivity index (χ3v) is 14.0. The largest absolute Gasteiger partial charge is 0.493 e.